The molecule has 0 saturated heterocycles. The van der Waals surface area contributed by atoms with Crippen molar-refractivity contribution in [3.63, 3.8) is 0 Å². The number of nitrogens with two attached hydrogens (primary N) is 1. The number of pyridine rings is 1. The van der Waals surface area contributed by atoms with E-state index >= 15 is 0 Å². The quantitative estimate of drug-likeness (QED) is 0.883. The van der Waals surface area contributed by atoms with Crippen LogP contribution in [0.5, 0.6) is 0 Å². The number of amides is 1. The van der Waals surface area contributed by atoms with Gasteiger partial charge in [0.15, 0.2) is 0 Å². The molecule has 0 aliphatic carbocycles. The van der Waals surface area contributed by atoms with Crippen LogP contribution in [0.4, 0.5) is 5.69 Å². The first kappa shape index (κ1) is 17.2. The number of hydrogen-bond donors (Lipinski definition) is 2. The molecule has 1 atom stereocenters. The van der Waals surface area contributed by atoms with E-state index in [4.69, 9.17) is 17.3 Å². The lowest BCUT2D eigenvalue weighted by molar-refractivity contribution is -0.120. The molecule has 2 aromatic rings. The van der Waals surface area contributed by atoms with Crippen molar-refractivity contribution in [1.29, 1.82) is 0 Å². The van der Waals surface area contributed by atoms with Crippen molar-refractivity contribution in [2.45, 2.75) is 26.4 Å². The molecule has 1 aromatic carbocycles. The highest BCUT2D eigenvalue weighted by Gasteiger charge is 2.25. The second kappa shape index (κ2) is 7.44. The zero-order valence-corrected chi connectivity index (χ0v) is 13.9. The van der Waals surface area contributed by atoms with E-state index in [1.165, 1.54) is 22.9 Å². The Morgan fingerprint density at radius 3 is 2.43 bits per heavy atom. The minimum Gasteiger partial charge on any atom is -0.326 e. The van der Waals surface area contributed by atoms with Gasteiger partial charge in [0, 0.05) is 24.5 Å². The van der Waals surface area contributed by atoms with Crippen LogP contribution < -0.4 is 16.6 Å². The Morgan fingerprint density at radius 2 is 1.87 bits per heavy atom. The van der Waals surface area contributed by atoms with Gasteiger partial charge in [-0.25, -0.2) is 0 Å². The van der Waals surface area contributed by atoms with Gasteiger partial charge in [0.05, 0.1) is 5.02 Å². The lowest BCUT2D eigenvalue weighted by atomic mass is 10.0. The molecule has 1 unspecified atom stereocenters. The molecule has 0 fully saturated rings. The fourth-order valence-electron chi connectivity index (χ4n) is 2.38. The van der Waals surface area contributed by atoms with Crippen molar-refractivity contribution < 1.29 is 4.79 Å². The number of halogens is 1. The molecular formula is C17H20ClN3O2. The third-order valence-corrected chi connectivity index (χ3v) is 3.78. The van der Waals surface area contributed by atoms with Gasteiger partial charge in [-0.05, 0) is 29.7 Å². The standard InChI is InChI=1S/C17H20ClN3O2/c1-11(2)16(21-10-13(18)5-8-15(21)22)17(23)20-14-6-3-12(9-19)4-7-14/h3-8,10-11,16H,9,19H2,1-2H3,(H,20,23). The van der Waals surface area contributed by atoms with E-state index in [0.29, 0.717) is 17.3 Å². The molecule has 0 radical (unpaired) electrons. The van der Waals surface area contributed by atoms with Crippen molar-refractivity contribution in [2.75, 3.05) is 5.32 Å². The van der Waals surface area contributed by atoms with Crippen molar-refractivity contribution in [1.82, 2.24) is 4.57 Å². The SMILES string of the molecule is CC(C)C(C(=O)Nc1ccc(CN)cc1)n1cc(Cl)ccc1=O. The zero-order chi connectivity index (χ0) is 17.0. The maximum Gasteiger partial charge on any atom is 0.251 e. The van der Waals surface area contributed by atoms with Gasteiger partial charge in [0.2, 0.25) is 5.91 Å². The van der Waals surface area contributed by atoms with Crippen LogP contribution in [-0.2, 0) is 11.3 Å². The maximum absolute atomic E-state index is 12.6. The molecule has 5 nitrogen and oxygen atoms in total. The fourth-order valence-corrected chi connectivity index (χ4v) is 2.55. The lowest BCUT2D eigenvalue weighted by Gasteiger charge is -2.23. The molecule has 1 amide bonds. The Balaban J connectivity index is 2.28. The van der Waals surface area contributed by atoms with Gasteiger partial charge < -0.3 is 15.6 Å². The Hall–Kier alpha value is -2.11. The third kappa shape index (κ3) is 4.21. The van der Waals surface area contributed by atoms with Gasteiger partial charge in [0.1, 0.15) is 6.04 Å². The van der Waals surface area contributed by atoms with Gasteiger partial charge in [-0.1, -0.05) is 37.6 Å². The van der Waals surface area contributed by atoms with E-state index < -0.39 is 6.04 Å². The Bertz CT molecular complexity index is 738. The van der Waals surface area contributed by atoms with Crippen molar-refractivity contribution in [3.05, 3.63) is 63.5 Å². The second-order valence-electron chi connectivity index (χ2n) is 5.67. The number of carbonyl (C=O) groups is 1. The normalized spacial score (nSPS) is 12.2. The molecule has 6 heteroatoms. The molecule has 0 aliphatic rings. The summed E-state index contributed by atoms with van der Waals surface area (Å²) in [5, 5.41) is 3.25. The number of anilines is 1. The van der Waals surface area contributed by atoms with E-state index in [9.17, 15) is 9.59 Å². The summed E-state index contributed by atoms with van der Waals surface area (Å²) in [6, 6.07) is 9.52. The van der Waals surface area contributed by atoms with E-state index in [1.807, 2.05) is 26.0 Å². The van der Waals surface area contributed by atoms with Crippen LogP contribution in [0.25, 0.3) is 0 Å². The summed E-state index contributed by atoms with van der Waals surface area (Å²) in [6.45, 7) is 4.21. The zero-order valence-electron chi connectivity index (χ0n) is 13.1. The number of carbonyl (C=O) groups excluding carboxylic acids is 1. The highest BCUT2D eigenvalue weighted by molar-refractivity contribution is 6.30. The molecule has 1 aromatic heterocycles. The molecule has 0 spiro atoms. The minimum atomic E-state index is -0.643. The summed E-state index contributed by atoms with van der Waals surface area (Å²) in [6.07, 6.45) is 1.49. The highest BCUT2D eigenvalue weighted by Crippen LogP contribution is 2.20. The molecule has 23 heavy (non-hydrogen) atoms. The summed E-state index contributed by atoms with van der Waals surface area (Å²) in [5.41, 5.74) is 6.94. The van der Waals surface area contributed by atoms with Gasteiger partial charge in [-0.2, -0.15) is 0 Å². The summed E-state index contributed by atoms with van der Waals surface area (Å²) >= 11 is 5.96. The van der Waals surface area contributed by atoms with E-state index in [-0.39, 0.29) is 17.4 Å². The van der Waals surface area contributed by atoms with Crippen LogP contribution in [0.1, 0.15) is 25.5 Å². The van der Waals surface area contributed by atoms with Crippen molar-refractivity contribution in [3.8, 4) is 0 Å². The van der Waals surface area contributed by atoms with Crippen LogP contribution in [0, 0.1) is 5.92 Å². The predicted octanol–water partition coefficient (Wildman–Crippen LogP) is 2.80. The van der Waals surface area contributed by atoms with Crippen molar-refractivity contribution >= 4 is 23.2 Å². The fraction of sp³-hybridized carbons (Fsp3) is 0.294. The summed E-state index contributed by atoms with van der Waals surface area (Å²) in [5.74, 6) is -0.334. The molecule has 0 bridgehead atoms. The second-order valence-corrected chi connectivity index (χ2v) is 6.11. The summed E-state index contributed by atoms with van der Waals surface area (Å²) < 4.78 is 1.37. The van der Waals surface area contributed by atoms with Gasteiger partial charge in [0.25, 0.3) is 5.56 Å². The van der Waals surface area contributed by atoms with Crippen LogP contribution in [0.3, 0.4) is 0 Å². The first-order valence-corrected chi connectivity index (χ1v) is 7.77. The first-order chi connectivity index (χ1) is 10.9. The maximum atomic E-state index is 12.6. The minimum absolute atomic E-state index is 0.0746. The number of hydrogen-bond acceptors (Lipinski definition) is 3. The van der Waals surface area contributed by atoms with Crippen LogP contribution in [-0.4, -0.2) is 10.5 Å². The summed E-state index contributed by atoms with van der Waals surface area (Å²) in [7, 11) is 0. The molecular weight excluding hydrogens is 314 g/mol. The Kier molecular flexibility index (Phi) is 5.58. The first-order valence-electron chi connectivity index (χ1n) is 7.40. The van der Waals surface area contributed by atoms with E-state index in [0.717, 1.165) is 5.56 Å². The van der Waals surface area contributed by atoms with Crippen LogP contribution in [0.15, 0.2) is 47.4 Å². The number of nitrogens with one attached hydrogen (secondary N) is 1. The molecule has 2 rings (SSSR count). The lowest BCUT2D eigenvalue weighted by Crippen LogP contribution is -2.35. The largest absolute Gasteiger partial charge is 0.326 e. The van der Waals surface area contributed by atoms with Gasteiger partial charge in [-0.3, -0.25) is 9.59 Å². The molecule has 1 heterocycles. The molecule has 122 valence electrons. The Morgan fingerprint density at radius 1 is 1.22 bits per heavy atom. The highest BCUT2D eigenvalue weighted by atomic mass is 35.5. The smallest absolute Gasteiger partial charge is 0.251 e. The van der Waals surface area contributed by atoms with E-state index in [1.54, 1.807) is 12.1 Å². The van der Waals surface area contributed by atoms with Gasteiger partial charge >= 0.3 is 0 Å². The van der Waals surface area contributed by atoms with Gasteiger partial charge in [-0.15, -0.1) is 0 Å². The molecule has 0 saturated carbocycles. The summed E-state index contributed by atoms with van der Waals surface area (Å²) in [4.78, 5) is 24.7. The number of aromatic nitrogens is 1. The average Bonchev–Trinajstić information content (AvgIpc) is 2.51. The number of benzene rings is 1. The van der Waals surface area contributed by atoms with E-state index in [2.05, 4.69) is 5.32 Å². The average molecular weight is 334 g/mol. The number of rotatable bonds is 5. The number of nitrogens with zero attached hydrogens (tertiary/aromatic N) is 1. The monoisotopic (exact) mass is 333 g/mol. The molecule has 0 aliphatic heterocycles. The van der Waals surface area contributed by atoms with Crippen LogP contribution >= 0.6 is 11.6 Å². The van der Waals surface area contributed by atoms with Crippen molar-refractivity contribution in [2.24, 2.45) is 11.7 Å². The molecule has 3 N–H and O–H groups in total. The predicted molar refractivity (Wildman–Crippen MR) is 92.6 cm³/mol. The third-order valence-electron chi connectivity index (χ3n) is 3.56. The van der Waals surface area contributed by atoms with Crippen LogP contribution in [0.2, 0.25) is 5.02 Å². The Labute approximate surface area is 140 Å². The topological polar surface area (TPSA) is 77.1 Å².